The molecule has 10 heteroatoms. The molecule has 0 aliphatic heterocycles. The number of hydrogen-bond acceptors (Lipinski definition) is 7. The van der Waals surface area contributed by atoms with Gasteiger partial charge in [0.2, 0.25) is 5.03 Å². The van der Waals surface area contributed by atoms with Crippen molar-refractivity contribution in [1.29, 1.82) is 0 Å². The average Bonchev–Trinajstić information content (AvgIpc) is 3.30. The van der Waals surface area contributed by atoms with Crippen molar-refractivity contribution in [2.75, 3.05) is 0 Å². The molecule has 0 aliphatic carbocycles. The first-order chi connectivity index (χ1) is 13.1. The first-order valence-electron chi connectivity index (χ1n) is 8.36. The Morgan fingerprint density at radius 2 is 2.19 bits per heavy atom. The molecule has 0 aliphatic rings. The van der Waals surface area contributed by atoms with E-state index in [1.165, 1.54) is 27.5 Å². The zero-order valence-corrected chi connectivity index (χ0v) is 16.3. The van der Waals surface area contributed by atoms with Crippen molar-refractivity contribution in [1.82, 2.24) is 24.1 Å². The van der Waals surface area contributed by atoms with Crippen LogP contribution < -0.4 is 0 Å². The highest BCUT2D eigenvalue weighted by Gasteiger charge is 2.26. The van der Waals surface area contributed by atoms with Crippen LogP contribution in [0.1, 0.15) is 18.9 Å². The molecule has 0 saturated carbocycles. The molecule has 0 atom stereocenters. The summed E-state index contributed by atoms with van der Waals surface area (Å²) in [6, 6.07) is 8.06. The van der Waals surface area contributed by atoms with Crippen molar-refractivity contribution in [3.05, 3.63) is 51.5 Å². The van der Waals surface area contributed by atoms with Gasteiger partial charge in [0.15, 0.2) is 11.0 Å². The summed E-state index contributed by atoms with van der Waals surface area (Å²) in [7, 11) is 0. The summed E-state index contributed by atoms with van der Waals surface area (Å²) in [5, 5.41) is 22.9. The van der Waals surface area contributed by atoms with Crippen molar-refractivity contribution >= 4 is 33.9 Å². The fraction of sp³-hybridized carbons (Fsp3) is 0.235. The Balaban J connectivity index is 1.78. The molecule has 0 saturated heterocycles. The Labute approximate surface area is 163 Å². The van der Waals surface area contributed by atoms with Crippen LogP contribution in [0, 0.1) is 17.0 Å². The fourth-order valence-electron chi connectivity index (χ4n) is 2.86. The third-order valence-electron chi connectivity index (χ3n) is 4.01. The van der Waals surface area contributed by atoms with E-state index in [4.69, 9.17) is 0 Å². The standard InChI is InChI=1S/C17H16N6O2S2/c1-3-7-21-13(12-6-4-5-11(2)10-12)19-20-17(21)27-14-15(23(24)25)22-8-9-26-16(22)18-14/h4-6,8-10H,3,7H2,1-2H3. The highest BCUT2D eigenvalue weighted by atomic mass is 32.2. The van der Waals surface area contributed by atoms with Gasteiger partial charge in [-0.05, 0) is 36.1 Å². The number of aryl methyl sites for hydroxylation is 1. The molecular weight excluding hydrogens is 384 g/mol. The monoisotopic (exact) mass is 400 g/mol. The van der Waals surface area contributed by atoms with Crippen LogP contribution in [0.5, 0.6) is 0 Å². The molecule has 0 N–H and O–H groups in total. The topological polar surface area (TPSA) is 91.2 Å². The number of fused-ring (bicyclic) bond motifs is 1. The first kappa shape index (κ1) is 17.7. The second-order valence-electron chi connectivity index (χ2n) is 5.98. The lowest BCUT2D eigenvalue weighted by atomic mass is 10.1. The highest BCUT2D eigenvalue weighted by molar-refractivity contribution is 7.99. The van der Waals surface area contributed by atoms with Gasteiger partial charge in [0.25, 0.3) is 4.96 Å². The third kappa shape index (κ3) is 3.21. The zero-order chi connectivity index (χ0) is 19.0. The van der Waals surface area contributed by atoms with Crippen LogP contribution in [0.15, 0.2) is 46.0 Å². The van der Waals surface area contributed by atoms with E-state index in [1.807, 2.05) is 29.7 Å². The van der Waals surface area contributed by atoms with Crippen LogP contribution in [-0.2, 0) is 6.54 Å². The van der Waals surface area contributed by atoms with E-state index >= 15 is 0 Å². The first-order valence-corrected chi connectivity index (χ1v) is 10.1. The van der Waals surface area contributed by atoms with Gasteiger partial charge in [0.1, 0.15) is 6.20 Å². The van der Waals surface area contributed by atoms with Crippen molar-refractivity contribution in [2.24, 2.45) is 0 Å². The van der Waals surface area contributed by atoms with Crippen molar-refractivity contribution < 1.29 is 4.92 Å². The molecule has 4 aromatic rings. The highest BCUT2D eigenvalue weighted by Crippen LogP contribution is 2.36. The van der Waals surface area contributed by atoms with Gasteiger partial charge in [0, 0.05) is 17.5 Å². The van der Waals surface area contributed by atoms with E-state index in [2.05, 4.69) is 28.2 Å². The number of benzene rings is 1. The van der Waals surface area contributed by atoms with Crippen LogP contribution in [-0.4, -0.2) is 29.1 Å². The lowest BCUT2D eigenvalue weighted by molar-refractivity contribution is -0.393. The van der Waals surface area contributed by atoms with Crippen LogP contribution in [0.3, 0.4) is 0 Å². The molecule has 0 fully saturated rings. The number of hydrogen-bond donors (Lipinski definition) is 0. The van der Waals surface area contributed by atoms with Gasteiger partial charge in [-0.15, -0.1) is 10.2 Å². The maximum Gasteiger partial charge on any atom is 0.363 e. The molecule has 3 aromatic heterocycles. The molecule has 4 rings (SSSR count). The maximum absolute atomic E-state index is 11.6. The van der Waals surface area contributed by atoms with Gasteiger partial charge in [0.05, 0.1) is 0 Å². The summed E-state index contributed by atoms with van der Waals surface area (Å²) in [4.78, 5) is 16.1. The molecule has 0 bridgehead atoms. The number of nitro groups is 1. The molecule has 3 heterocycles. The molecule has 27 heavy (non-hydrogen) atoms. The Morgan fingerprint density at radius 1 is 1.33 bits per heavy atom. The van der Waals surface area contributed by atoms with E-state index in [9.17, 15) is 10.1 Å². The number of aromatic nitrogens is 5. The van der Waals surface area contributed by atoms with E-state index < -0.39 is 4.92 Å². The van der Waals surface area contributed by atoms with Crippen LogP contribution in [0.4, 0.5) is 5.82 Å². The average molecular weight is 400 g/mol. The van der Waals surface area contributed by atoms with Crippen LogP contribution in [0.25, 0.3) is 16.3 Å². The second kappa shape index (κ2) is 7.12. The number of rotatable bonds is 6. The summed E-state index contributed by atoms with van der Waals surface area (Å²) in [6.45, 7) is 4.82. The van der Waals surface area contributed by atoms with Crippen molar-refractivity contribution in [2.45, 2.75) is 37.0 Å². The zero-order valence-electron chi connectivity index (χ0n) is 14.7. The minimum Gasteiger partial charge on any atom is -0.358 e. The van der Waals surface area contributed by atoms with Crippen molar-refractivity contribution in [3.63, 3.8) is 0 Å². The molecule has 8 nitrogen and oxygen atoms in total. The molecule has 0 unspecified atom stereocenters. The SMILES string of the molecule is CCCn1c(Sc2nc3sccn3c2[N+](=O)[O-])nnc1-c1cccc(C)c1. The largest absolute Gasteiger partial charge is 0.363 e. The summed E-state index contributed by atoms with van der Waals surface area (Å²) in [5.41, 5.74) is 2.11. The Bertz CT molecular complexity index is 1130. The van der Waals surface area contributed by atoms with E-state index in [0.717, 1.165) is 23.4 Å². The van der Waals surface area contributed by atoms with Crippen LogP contribution >= 0.6 is 23.1 Å². The lowest BCUT2D eigenvalue weighted by Gasteiger charge is -2.08. The summed E-state index contributed by atoms with van der Waals surface area (Å²) in [6.07, 6.45) is 2.55. The second-order valence-corrected chi connectivity index (χ2v) is 7.81. The summed E-state index contributed by atoms with van der Waals surface area (Å²) in [5.74, 6) is 0.714. The number of imidazole rings is 1. The number of thiazole rings is 1. The Morgan fingerprint density at radius 3 is 2.93 bits per heavy atom. The summed E-state index contributed by atoms with van der Waals surface area (Å²) < 4.78 is 3.49. The normalized spacial score (nSPS) is 11.3. The summed E-state index contributed by atoms with van der Waals surface area (Å²) >= 11 is 2.54. The van der Waals surface area contributed by atoms with Gasteiger partial charge in [-0.3, -0.25) is 0 Å². The predicted molar refractivity (Wildman–Crippen MR) is 104 cm³/mol. The smallest absolute Gasteiger partial charge is 0.358 e. The van der Waals surface area contributed by atoms with Crippen LogP contribution in [0.2, 0.25) is 0 Å². The Kier molecular flexibility index (Phi) is 4.66. The van der Waals surface area contributed by atoms with Gasteiger partial charge in [-0.1, -0.05) is 42.0 Å². The Hall–Kier alpha value is -2.72. The fourth-order valence-corrected chi connectivity index (χ4v) is 4.57. The predicted octanol–water partition coefficient (Wildman–Crippen LogP) is 4.43. The molecule has 0 spiro atoms. The lowest BCUT2D eigenvalue weighted by Crippen LogP contribution is -2.02. The molecule has 0 radical (unpaired) electrons. The minimum absolute atomic E-state index is 0.0422. The van der Waals surface area contributed by atoms with E-state index in [0.29, 0.717) is 21.7 Å². The molecular formula is C17H16N6O2S2. The quantitative estimate of drug-likeness (QED) is 0.351. The minimum atomic E-state index is -0.406. The van der Waals surface area contributed by atoms with Gasteiger partial charge in [-0.2, -0.15) is 9.38 Å². The molecule has 138 valence electrons. The number of nitrogens with zero attached hydrogens (tertiary/aromatic N) is 6. The molecule has 1 aromatic carbocycles. The van der Waals surface area contributed by atoms with Crippen molar-refractivity contribution in [3.8, 4) is 11.4 Å². The van der Waals surface area contributed by atoms with E-state index in [-0.39, 0.29) is 5.82 Å². The molecule has 0 amide bonds. The van der Waals surface area contributed by atoms with Gasteiger partial charge >= 0.3 is 5.82 Å². The maximum atomic E-state index is 11.6. The van der Waals surface area contributed by atoms with Gasteiger partial charge in [-0.25, -0.2) is 0 Å². The third-order valence-corrected chi connectivity index (χ3v) is 5.72. The van der Waals surface area contributed by atoms with Gasteiger partial charge < -0.3 is 14.7 Å². The van der Waals surface area contributed by atoms with E-state index in [1.54, 1.807) is 11.6 Å².